The third kappa shape index (κ3) is 3.91. The predicted molar refractivity (Wildman–Crippen MR) is 75.8 cm³/mol. The van der Waals surface area contributed by atoms with Crippen molar-refractivity contribution in [1.29, 1.82) is 0 Å². The highest BCUT2D eigenvalue weighted by Crippen LogP contribution is 2.19. The first-order valence-electron chi connectivity index (χ1n) is 6.98. The van der Waals surface area contributed by atoms with Crippen molar-refractivity contribution >= 4 is 5.69 Å². The highest BCUT2D eigenvalue weighted by molar-refractivity contribution is 5.43. The molecule has 2 rings (SSSR count). The van der Waals surface area contributed by atoms with Crippen LogP contribution in [0.25, 0.3) is 0 Å². The van der Waals surface area contributed by atoms with Gasteiger partial charge in [-0.15, -0.1) is 0 Å². The van der Waals surface area contributed by atoms with Crippen LogP contribution in [0.5, 0.6) is 5.75 Å². The molecule has 0 spiro atoms. The van der Waals surface area contributed by atoms with Crippen molar-refractivity contribution in [3.05, 3.63) is 24.3 Å². The van der Waals surface area contributed by atoms with Gasteiger partial charge in [0.1, 0.15) is 12.4 Å². The van der Waals surface area contributed by atoms with Gasteiger partial charge in [0.2, 0.25) is 0 Å². The number of benzene rings is 1. The minimum absolute atomic E-state index is 0.750. The van der Waals surface area contributed by atoms with Crippen LogP contribution in [-0.2, 0) is 0 Å². The highest BCUT2D eigenvalue weighted by atomic mass is 16.5. The fourth-order valence-corrected chi connectivity index (χ4v) is 2.58. The van der Waals surface area contributed by atoms with Crippen LogP contribution in [0.3, 0.4) is 0 Å². The zero-order valence-electron chi connectivity index (χ0n) is 11.3. The largest absolute Gasteiger partial charge is 0.492 e. The zero-order chi connectivity index (χ0) is 12.8. The summed E-state index contributed by atoms with van der Waals surface area (Å²) >= 11 is 0. The Hall–Kier alpha value is -1.22. The molecule has 1 aliphatic rings. The van der Waals surface area contributed by atoms with Gasteiger partial charge in [0.05, 0.1) is 0 Å². The van der Waals surface area contributed by atoms with Gasteiger partial charge in [-0.2, -0.15) is 0 Å². The van der Waals surface area contributed by atoms with Crippen molar-refractivity contribution in [3.8, 4) is 5.75 Å². The number of ether oxygens (including phenoxy) is 1. The topological polar surface area (TPSA) is 38.5 Å². The molecule has 3 heteroatoms. The number of hydrogen-bond donors (Lipinski definition) is 1. The molecule has 1 unspecified atom stereocenters. The molecular formula is C15H24N2O. The second-order valence-electron chi connectivity index (χ2n) is 5.14. The molecule has 1 atom stereocenters. The van der Waals surface area contributed by atoms with Crippen LogP contribution >= 0.6 is 0 Å². The van der Waals surface area contributed by atoms with E-state index in [0.29, 0.717) is 0 Å². The molecule has 0 radical (unpaired) electrons. The second-order valence-corrected chi connectivity index (χ2v) is 5.14. The van der Waals surface area contributed by atoms with Crippen LogP contribution in [0, 0.1) is 5.92 Å². The number of nitrogens with two attached hydrogens (primary N) is 1. The van der Waals surface area contributed by atoms with Crippen molar-refractivity contribution in [1.82, 2.24) is 4.90 Å². The fraction of sp³-hybridized carbons (Fsp3) is 0.600. The maximum absolute atomic E-state index is 5.74. The molecule has 0 aliphatic carbocycles. The van der Waals surface area contributed by atoms with Gasteiger partial charge in [0.15, 0.2) is 0 Å². The van der Waals surface area contributed by atoms with Crippen LogP contribution in [0.15, 0.2) is 24.3 Å². The Morgan fingerprint density at radius 3 is 3.11 bits per heavy atom. The summed E-state index contributed by atoms with van der Waals surface area (Å²) in [6.07, 6.45) is 4.02. The molecular weight excluding hydrogens is 224 g/mol. The normalized spacial score (nSPS) is 20.8. The smallest absolute Gasteiger partial charge is 0.121 e. The Morgan fingerprint density at radius 1 is 1.44 bits per heavy atom. The molecule has 1 saturated heterocycles. The van der Waals surface area contributed by atoms with Crippen LogP contribution < -0.4 is 10.5 Å². The predicted octanol–water partition coefficient (Wildman–Crippen LogP) is 2.77. The molecule has 0 bridgehead atoms. The van der Waals surface area contributed by atoms with E-state index in [-0.39, 0.29) is 0 Å². The van der Waals surface area contributed by atoms with Crippen molar-refractivity contribution < 1.29 is 4.74 Å². The average Bonchev–Trinajstić information content (AvgIpc) is 2.39. The molecule has 1 fully saturated rings. The number of hydrogen-bond acceptors (Lipinski definition) is 3. The first-order chi connectivity index (χ1) is 8.78. The number of piperidine rings is 1. The SMILES string of the molecule is CCC1CCCN(CCOc2cccc(N)c2)C1. The summed E-state index contributed by atoms with van der Waals surface area (Å²) in [7, 11) is 0. The van der Waals surface area contributed by atoms with Gasteiger partial charge >= 0.3 is 0 Å². The van der Waals surface area contributed by atoms with Crippen LogP contribution in [-0.4, -0.2) is 31.1 Å². The molecule has 1 heterocycles. The maximum Gasteiger partial charge on any atom is 0.121 e. The van der Waals surface area contributed by atoms with E-state index in [1.165, 1.54) is 32.4 Å². The lowest BCUT2D eigenvalue weighted by molar-refractivity contribution is 0.145. The van der Waals surface area contributed by atoms with Gasteiger partial charge in [-0.05, 0) is 37.4 Å². The molecule has 1 aliphatic heterocycles. The standard InChI is InChI=1S/C15H24N2O/c1-2-13-5-4-8-17(12-13)9-10-18-15-7-3-6-14(16)11-15/h3,6-7,11,13H,2,4-5,8-10,12,16H2,1H3. The van der Waals surface area contributed by atoms with E-state index < -0.39 is 0 Å². The van der Waals surface area contributed by atoms with Gasteiger partial charge in [-0.1, -0.05) is 19.4 Å². The van der Waals surface area contributed by atoms with E-state index in [0.717, 1.165) is 30.5 Å². The Labute approximate surface area is 110 Å². The summed E-state index contributed by atoms with van der Waals surface area (Å²) in [4.78, 5) is 2.52. The molecule has 0 aromatic heterocycles. The van der Waals surface area contributed by atoms with Crippen LogP contribution in [0.1, 0.15) is 26.2 Å². The maximum atomic E-state index is 5.74. The van der Waals surface area contributed by atoms with E-state index in [1.54, 1.807) is 0 Å². The van der Waals surface area contributed by atoms with Gasteiger partial charge in [0.25, 0.3) is 0 Å². The molecule has 100 valence electrons. The van der Waals surface area contributed by atoms with Crippen molar-refractivity contribution in [2.45, 2.75) is 26.2 Å². The molecule has 2 N–H and O–H groups in total. The Bertz CT molecular complexity index is 367. The van der Waals surface area contributed by atoms with Gasteiger partial charge in [-0.3, -0.25) is 4.90 Å². The summed E-state index contributed by atoms with van der Waals surface area (Å²) in [6, 6.07) is 7.65. The third-order valence-corrected chi connectivity index (χ3v) is 3.71. The minimum atomic E-state index is 0.750. The molecule has 1 aromatic rings. The minimum Gasteiger partial charge on any atom is -0.492 e. The Kier molecular flexibility index (Phi) is 4.88. The lowest BCUT2D eigenvalue weighted by Crippen LogP contribution is -2.37. The van der Waals surface area contributed by atoms with Gasteiger partial charge < -0.3 is 10.5 Å². The van der Waals surface area contributed by atoms with E-state index in [9.17, 15) is 0 Å². The number of anilines is 1. The third-order valence-electron chi connectivity index (χ3n) is 3.71. The van der Waals surface area contributed by atoms with E-state index in [1.807, 2.05) is 24.3 Å². The van der Waals surface area contributed by atoms with Crippen LogP contribution in [0.4, 0.5) is 5.69 Å². The van der Waals surface area contributed by atoms with E-state index in [4.69, 9.17) is 10.5 Å². The quantitative estimate of drug-likeness (QED) is 0.814. The molecule has 0 amide bonds. The first kappa shape index (κ1) is 13.2. The average molecular weight is 248 g/mol. The van der Waals surface area contributed by atoms with Gasteiger partial charge in [-0.25, -0.2) is 0 Å². The zero-order valence-corrected chi connectivity index (χ0v) is 11.3. The van der Waals surface area contributed by atoms with E-state index >= 15 is 0 Å². The highest BCUT2D eigenvalue weighted by Gasteiger charge is 2.17. The summed E-state index contributed by atoms with van der Waals surface area (Å²) < 4.78 is 5.74. The molecule has 18 heavy (non-hydrogen) atoms. The monoisotopic (exact) mass is 248 g/mol. The Balaban J connectivity index is 1.72. The number of rotatable bonds is 5. The summed E-state index contributed by atoms with van der Waals surface area (Å²) in [5, 5.41) is 0. The van der Waals surface area contributed by atoms with Crippen molar-refractivity contribution in [2.24, 2.45) is 5.92 Å². The Morgan fingerprint density at radius 2 is 2.33 bits per heavy atom. The number of likely N-dealkylation sites (tertiary alicyclic amines) is 1. The lowest BCUT2D eigenvalue weighted by Gasteiger charge is -2.32. The molecule has 1 aromatic carbocycles. The fourth-order valence-electron chi connectivity index (χ4n) is 2.58. The van der Waals surface area contributed by atoms with Crippen molar-refractivity contribution in [3.63, 3.8) is 0 Å². The lowest BCUT2D eigenvalue weighted by atomic mass is 9.96. The summed E-state index contributed by atoms with van der Waals surface area (Å²) in [6.45, 7) is 6.51. The van der Waals surface area contributed by atoms with Crippen LogP contribution in [0.2, 0.25) is 0 Å². The second kappa shape index (κ2) is 6.64. The number of nitrogens with zero attached hydrogens (tertiary/aromatic N) is 1. The summed E-state index contributed by atoms with van der Waals surface area (Å²) in [5.74, 6) is 1.75. The van der Waals surface area contributed by atoms with E-state index in [2.05, 4.69) is 11.8 Å². The first-order valence-corrected chi connectivity index (χ1v) is 6.98. The van der Waals surface area contributed by atoms with Gasteiger partial charge in [0, 0.05) is 24.8 Å². The van der Waals surface area contributed by atoms with Crippen molar-refractivity contribution in [2.75, 3.05) is 32.0 Å². The molecule has 3 nitrogen and oxygen atoms in total. The number of nitrogen functional groups attached to an aromatic ring is 1. The molecule has 0 saturated carbocycles. The summed E-state index contributed by atoms with van der Waals surface area (Å²) in [5.41, 5.74) is 6.48.